The molecule has 0 atom stereocenters. The Morgan fingerprint density at radius 2 is 1.71 bits per heavy atom. The molecular formula is C25H32F2N6O5. The number of urea groups is 1. The number of nitrogens with zero attached hydrogens (tertiary/aromatic N) is 5. The summed E-state index contributed by atoms with van der Waals surface area (Å²) in [5.41, 5.74) is -0.729. The molecule has 13 heteroatoms. The summed E-state index contributed by atoms with van der Waals surface area (Å²) in [6.45, 7) is 5.87. The Bertz CT molecular complexity index is 1200. The summed E-state index contributed by atoms with van der Waals surface area (Å²) in [5.74, 6) is -1.96. The maximum Gasteiger partial charge on any atom is 0.410 e. The number of nitrogens with one attached hydrogen (secondary N) is 1. The average Bonchev–Trinajstić information content (AvgIpc) is 2.88. The number of halogens is 2. The molecule has 38 heavy (non-hydrogen) atoms. The number of methoxy groups -OCH3 is 2. The molecule has 0 radical (unpaired) electrons. The van der Waals surface area contributed by atoms with Crippen LogP contribution in [0.25, 0.3) is 0 Å². The number of anilines is 3. The summed E-state index contributed by atoms with van der Waals surface area (Å²) in [4.78, 5) is 39.2. The van der Waals surface area contributed by atoms with Crippen LogP contribution in [0.4, 0.5) is 35.8 Å². The monoisotopic (exact) mass is 534 g/mol. The molecule has 2 aliphatic rings. The van der Waals surface area contributed by atoms with Gasteiger partial charge in [-0.25, -0.2) is 23.4 Å². The van der Waals surface area contributed by atoms with E-state index in [1.54, 1.807) is 32.7 Å². The van der Waals surface area contributed by atoms with Crippen molar-refractivity contribution in [1.29, 1.82) is 0 Å². The normalized spacial score (nSPS) is 16.3. The van der Waals surface area contributed by atoms with Gasteiger partial charge in [0.05, 0.1) is 20.8 Å². The number of ether oxygens (including phenoxy) is 3. The topological polar surface area (TPSA) is 109 Å². The number of amides is 3. The van der Waals surface area contributed by atoms with Gasteiger partial charge in [0.1, 0.15) is 17.1 Å². The number of rotatable bonds is 5. The fraction of sp³-hybridized carbons (Fsp3) is 0.520. The molecule has 0 saturated carbocycles. The lowest BCUT2D eigenvalue weighted by Gasteiger charge is -2.43. The number of hydrogen-bond acceptors (Lipinski definition) is 8. The van der Waals surface area contributed by atoms with Crippen molar-refractivity contribution < 1.29 is 32.6 Å². The van der Waals surface area contributed by atoms with Crippen LogP contribution < -0.4 is 24.6 Å². The van der Waals surface area contributed by atoms with Gasteiger partial charge >= 0.3 is 12.1 Å². The van der Waals surface area contributed by atoms with Gasteiger partial charge < -0.3 is 24.4 Å². The number of fused-ring (bicyclic) bond motifs is 1. The molecule has 0 spiro atoms. The van der Waals surface area contributed by atoms with E-state index in [0.29, 0.717) is 43.3 Å². The molecule has 0 unspecified atom stereocenters. The van der Waals surface area contributed by atoms with E-state index in [2.05, 4.69) is 15.3 Å². The third-order valence-electron chi connectivity index (χ3n) is 6.36. The highest BCUT2D eigenvalue weighted by Gasteiger charge is 2.42. The van der Waals surface area contributed by atoms with Gasteiger partial charge in [0.2, 0.25) is 5.95 Å². The number of carbonyl (C=O) groups is 2. The minimum atomic E-state index is -1.03. The molecule has 2 aromatic rings. The van der Waals surface area contributed by atoms with E-state index >= 15 is 8.78 Å². The Morgan fingerprint density at radius 3 is 2.24 bits per heavy atom. The number of hydrogen-bond donors (Lipinski definition) is 1. The Labute approximate surface area is 219 Å². The van der Waals surface area contributed by atoms with Crippen molar-refractivity contribution in [2.24, 2.45) is 0 Å². The molecule has 1 fully saturated rings. The van der Waals surface area contributed by atoms with Crippen molar-refractivity contribution in [3.05, 3.63) is 29.5 Å². The van der Waals surface area contributed by atoms with Crippen molar-refractivity contribution in [1.82, 2.24) is 14.9 Å². The number of aromatic nitrogens is 2. The van der Waals surface area contributed by atoms with Gasteiger partial charge in [-0.3, -0.25) is 9.80 Å². The summed E-state index contributed by atoms with van der Waals surface area (Å²) in [6.07, 6.45) is 1.90. The first-order valence-electron chi connectivity index (χ1n) is 12.2. The Balaban J connectivity index is 1.71. The smallest absolute Gasteiger partial charge is 0.410 e. The van der Waals surface area contributed by atoms with Gasteiger partial charge in [0.25, 0.3) is 0 Å². The lowest BCUT2D eigenvalue weighted by molar-refractivity contribution is 0.0206. The van der Waals surface area contributed by atoms with Crippen molar-refractivity contribution in [3.63, 3.8) is 0 Å². The van der Waals surface area contributed by atoms with Crippen LogP contribution in [0, 0.1) is 11.6 Å². The highest BCUT2D eigenvalue weighted by Crippen LogP contribution is 2.41. The maximum absolute atomic E-state index is 15.4. The third kappa shape index (κ3) is 5.09. The van der Waals surface area contributed by atoms with Crippen LogP contribution in [0.5, 0.6) is 11.5 Å². The lowest BCUT2D eigenvalue weighted by Crippen LogP contribution is -2.56. The highest BCUT2D eigenvalue weighted by molar-refractivity contribution is 6.06. The second-order valence-electron chi connectivity index (χ2n) is 9.99. The maximum atomic E-state index is 15.4. The van der Waals surface area contributed by atoms with Gasteiger partial charge in [-0.15, -0.1) is 0 Å². The molecule has 4 rings (SSSR count). The predicted molar refractivity (Wildman–Crippen MR) is 136 cm³/mol. The lowest BCUT2D eigenvalue weighted by atomic mass is 10.0. The van der Waals surface area contributed by atoms with Crippen LogP contribution in [-0.2, 0) is 11.3 Å². The Kier molecular flexibility index (Phi) is 7.47. The van der Waals surface area contributed by atoms with Gasteiger partial charge in [-0.2, -0.15) is 4.98 Å². The number of piperidine rings is 1. The van der Waals surface area contributed by atoms with Gasteiger partial charge in [-0.1, -0.05) is 0 Å². The fourth-order valence-corrected chi connectivity index (χ4v) is 4.54. The number of carbonyl (C=O) groups excluding carboxylic acids is 2. The largest absolute Gasteiger partial charge is 0.493 e. The quantitative estimate of drug-likeness (QED) is 0.609. The molecule has 1 saturated heterocycles. The van der Waals surface area contributed by atoms with Crippen molar-refractivity contribution in [3.8, 4) is 11.5 Å². The third-order valence-corrected chi connectivity index (χ3v) is 6.36. The second kappa shape index (κ2) is 10.5. The first kappa shape index (κ1) is 27.1. The summed E-state index contributed by atoms with van der Waals surface area (Å²) in [6, 6.07) is 0.0197. The summed E-state index contributed by atoms with van der Waals surface area (Å²) in [7, 11) is 4.13. The van der Waals surface area contributed by atoms with Gasteiger partial charge in [0.15, 0.2) is 23.1 Å². The predicted octanol–water partition coefficient (Wildman–Crippen LogP) is 4.16. The van der Waals surface area contributed by atoms with Crippen LogP contribution in [0.15, 0.2) is 12.3 Å². The zero-order valence-electron chi connectivity index (χ0n) is 22.3. The zero-order chi connectivity index (χ0) is 27.8. The zero-order valence-corrected chi connectivity index (χ0v) is 22.3. The van der Waals surface area contributed by atoms with E-state index < -0.39 is 41.1 Å². The molecule has 1 aromatic heterocycles. The van der Waals surface area contributed by atoms with E-state index in [4.69, 9.17) is 14.2 Å². The number of benzene rings is 1. The van der Waals surface area contributed by atoms with Crippen LogP contribution in [0.1, 0.15) is 39.2 Å². The summed E-state index contributed by atoms with van der Waals surface area (Å²) >= 11 is 0. The van der Waals surface area contributed by atoms with E-state index in [1.165, 1.54) is 25.3 Å². The molecule has 11 nitrogen and oxygen atoms in total. The second-order valence-corrected chi connectivity index (χ2v) is 9.99. The first-order chi connectivity index (χ1) is 18.0. The van der Waals surface area contributed by atoms with Crippen molar-refractivity contribution in [2.45, 2.75) is 51.8 Å². The molecule has 206 valence electrons. The average molecular weight is 535 g/mol. The summed E-state index contributed by atoms with van der Waals surface area (Å²) < 4.78 is 46.4. The van der Waals surface area contributed by atoms with Crippen molar-refractivity contribution >= 4 is 29.6 Å². The molecule has 3 amide bonds. The minimum absolute atomic E-state index is 0.171. The summed E-state index contributed by atoms with van der Waals surface area (Å²) in [5, 5.41) is 2.85. The minimum Gasteiger partial charge on any atom is -0.493 e. The van der Waals surface area contributed by atoms with Crippen molar-refractivity contribution in [2.75, 3.05) is 49.5 Å². The first-order valence-corrected chi connectivity index (χ1v) is 12.2. The molecule has 3 heterocycles. The number of likely N-dealkylation sites (tertiary alicyclic amines) is 1. The van der Waals surface area contributed by atoms with Gasteiger partial charge in [0, 0.05) is 44.0 Å². The molecule has 2 aliphatic heterocycles. The molecule has 0 bridgehead atoms. The molecule has 1 aromatic carbocycles. The Morgan fingerprint density at radius 1 is 1.11 bits per heavy atom. The highest BCUT2D eigenvalue weighted by atomic mass is 19.1. The van der Waals surface area contributed by atoms with Crippen LogP contribution >= 0.6 is 0 Å². The fourth-order valence-electron chi connectivity index (χ4n) is 4.54. The van der Waals surface area contributed by atoms with E-state index in [0.717, 1.165) is 11.0 Å². The molecule has 1 N–H and O–H groups in total. The van der Waals surface area contributed by atoms with E-state index in [-0.39, 0.29) is 18.0 Å². The van der Waals surface area contributed by atoms with E-state index in [9.17, 15) is 9.59 Å². The SMILES string of the molecule is CNc1ncc2c(n1)N(C1CCN(C(=O)OC(C)(C)C)CC1)C(=O)N(c1c(F)c(OC)cc(OC)c1F)C2. The molecular weight excluding hydrogens is 502 g/mol. The molecule has 0 aliphatic carbocycles. The Hall–Kier alpha value is -3.90. The van der Waals surface area contributed by atoms with E-state index in [1.807, 2.05) is 0 Å². The van der Waals surface area contributed by atoms with Crippen LogP contribution in [0.2, 0.25) is 0 Å². The van der Waals surface area contributed by atoms with Crippen LogP contribution in [0.3, 0.4) is 0 Å². The van der Waals surface area contributed by atoms with Crippen LogP contribution in [-0.4, -0.2) is 73.0 Å². The standard InChI is InChI=1S/C25H32F2N6O5/c1-25(2,3)38-24(35)31-9-7-15(8-10-31)33-21-14(12-29-22(28-4)30-21)13-32(23(33)34)20-18(26)16(36-5)11-17(37-6)19(20)27/h11-12,15H,7-10,13H2,1-6H3,(H,28,29,30). The van der Waals surface area contributed by atoms with Gasteiger partial charge in [-0.05, 0) is 33.6 Å².